The predicted molar refractivity (Wildman–Crippen MR) is 103 cm³/mol. The number of aromatic nitrogens is 4. The van der Waals surface area contributed by atoms with Crippen molar-refractivity contribution in [1.29, 1.82) is 0 Å². The Morgan fingerprint density at radius 1 is 1.39 bits per heavy atom. The molecule has 0 saturated carbocycles. The highest BCUT2D eigenvalue weighted by molar-refractivity contribution is 6.30. The monoisotopic (exact) mass is 401 g/mol. The van der Waals surface area contributed by atoms with Crippen molar-refractivity contribution in [2.24, 2.45) is 0 Å². The maximum absolute atomic E-state index is 13.1. The molecule has 9 heteroatoms. The van der Waals surface area contributed by atoms with E-state index in [0.717, 1.165) is 17.0 Å². The molecule has 0 N–H and O–H groups in total. The van der Waals surface area contributed by atoms with Crippen LogP contribution < -0.4 is 4.74 Å². The molecular formula is C19H20ClN5O3. The van der Waals surface area contributed by atoms with E-state index in [1.165, 1.54) is 0 Å². The number of aryl methyl sites for hydroxylation is 2. The molecule has 1 aliphatic heterocycles. The van der Waals surface area contributed by atoms with E-state index in [0.29, 0.717) is 36.2 Å². The Hall–Kier alpha value is -2.71. The molecule has 0 aliphatic carbocycles. The number of rotatable bonds is 4. The Morgan fingerprint density at radius 3 is 3.07 bits per heavy atom. The van der Waals surface area contributed by atoms with Crippen molar-refractivity contribution in [3.8, 4) is 5.75 Å². The van der Waals surface area contributed by atoms with Gasteiger partial charge in [0, 0.05) is 25.0 Å². The second kappa shape index (κ2) is 7.73. The molecule has 0 radical (unpaired) electrons. The molecule has 0 spiro atoms. The maximum Gasteiger partial charge on any atom is 0.257 e. The molecule has 0 bridgehead atoms. The quantitative estimate of drug-likeness (QED) is 0.624. The van der Waals surface area contributed by atoms with Gasteiger partial charge in [-0.25, -0.2) is 14.5 Å². The van der Waals surface area contributed by atoms with Crippen LogP contribution in [0.5, 0.6) is 5.75 Å². The number of morpholine rings is 1. The van der Waals surface area contributed by atoms with E-state index in [1.807, 2.05) is 19.9 Å². The first kappa shape index (κ1) is 18.6. The number of halogens is 1. The van der Waals surface area contributed by atoms with Crippen LogP contribution in [-0.4, -0.2) is 62.8 Å². The number of carbonyl (C=O) groups is 1. The van der Waals surface area contributed by atoms with Crippen molar-refractivity contribution in [2.45, 2.75) is 20.0 Å². The van der Waals surface area contributed by atoms with E-state index in [4.69, 9.17) is 21.1 Å². The van der Waals surface area contributed by atoms with Gasteiger partial charge in [0.1, 0.15) is 12.7 Å². The molecule has 3 aromatic rings. The first-order valence-corrected chi connectivity index (χ1v) is 9.37. The van der Waals surface area contributed by atoms with Crippen LogP contribution in [0.3, 0.4) is 0 Å². The average Bonchev–Trinajstić information content (AvgIpc) is 3.09. The molecule has 1 atom stereocenters. The number of pyridine rings is 1. The number of hydrogen-bond donors (Lipinski definition) is 0. The lowest BCUT2D eigenvalue weighted by molar-refractivity contribution is -0.0402. The van der Waals surface area contributed by atoms with Gasteiger partial charge in [0.15, 0.2) is 16.5 Å². The highest BCUT2D eigenvalue weighted by Gasteiger charge is 2.27. The minimum absolute atomic E-state index is 0.0900. The largest absolute Gasteiger partial charge is 0.488 e. The number of amides is 1. The zero-order valence-electron chi connectivity index (χ0n) is 15.6. The zero-order chi connectivity index (χ0) is 19.7. The van der Waals surface area contributed by atoms with Crippen LogP contribution in [0.15, 0.2) is 30.6 Å². The molecule has 146 valence electrons. The summed E-state index contributed by atoms with van der Waals surface area (Å²) in [5.74, 6) is 0.406. The molecule has 8 nitrogen and oxygen atoms in total. The number of fused-ring (bicyclic) bond motifs is 1. The SMILES string of the molecule is Cc1cc2ncc(C(=O)N3CCOC(COc4cccnc4Cl)C3)c(C)n2n1. The van der Waals surface area contributed by atoms with Crippen LogP contribution in [0.4, 0.5) is 0 Å². The van der Waals surface area contributed by atoms with Gasteiger partial charge in [0.25, 0.3) is 5.91 Å². The molecule has 1 fully saturated rings. The van der Waals surface area contributed by atoms with Crippen molar-refractivity contribution in [3.63, 3.8) is 0 Å². The number of carbonyl (C=O) groups excluding carboxylic acids is 1. The Bertz CT molecular complexity index is 1020. The Kier molecular flexibility index (Phi) is 5.15. The second-order valence-electron chi connectivity index (χ2n) is 6.66. The number of hydrogen-bond acceptors (Lipinski definition) is 6. The summed E-state index contributed by atoms with van der Waals surface area (Å²) in [7, 11) is 0. The van der Waals surface area contributed by atoms with Gasteiger partial charge in [-0.15, -0.1) is 0 Å². The topological polar surface area (TPSA) is 81.9 Å². The molecule has 1 aliphatic rings. The zero-order valence-corrected chi connectivity index (χ0v) is 16.4. The number of nitrogens with zero attached hydrogens (tertiary/aromatic N) is 5. The molecule has 4 rings (SSSR count). The Labute approximate surface area is 167 Å². The standard InChI is InChI=1S/C19H20ClN5O3/c1-12-8-17-22-9-15(13(2)25(17)23-12)19(26)24-6-7-27-14(10-24)11-28-16-4-3-5-21-18(16)20/h3-5,8-9,14H,6-7,10-11H2,1-2H3. The van der Waals surface area contributed by atoms with Crippen molar-refractivity contribution in [1.82, 2.24) is 24.5 Å². The molecule has 28 heavy (non-hydrogen) atoms. The predicted octanol–water partition coefficient (Wildman–Crippen LogP) is 2.31. The molecule has 3 aromatic heterocycles. The normalized spacial score (nSPS) is 17.1. The van der Waals surface area contributed by atoms with Crippen molar-refractivity contribution < 1.29 is 14.3 Å². The molecular weight excluding hydrogens is 382 g/mol. The van der Waals surface area contributed by atoms with E-state index in [9.17, 15) is 4.79 Å². The summed E-state index contributed by atoms with van der Waals surface area (Å²) in [4.78, 5) is 23.2. The fourth-order valence-corrected chi connectivity index (χ4v) is 3.38. The highest BCUT2D eigenvalue weighted by Crippen LogP contribution is 2.21. The lowest BCUT2D eigenvalue weighted by Gasteiger charge is -2.33. The first-order chi connectivity index (χ1) is 13.5. The third-order valence-corrected chi connectivity index (χ3v) is 4.94. The van der Waals surface area contributed by atoms with Gasteiger partial charge < -0.3 is 14.4 Å². The van der Waals surface area contributed by atoms with E-state index in [-0.39, 0.29) is 18.6 Å². The minimum Gasteiger partial charge on any atom is -0.488 e. The van der Waals surface area contributed by atoms with E-state index in [1.54, 1.807) is 33.9 Å². The van der Waals surface area contributed by atoms with E-state index < -0.39 is 0 Å². The van der Waals surface area contributed by atoms with Gasteiger partial charge in [0.05, 0.1) is 30.1 Å². The van der Waals surface area contributed by atoms with Gasteiger partial charge in [-0.1, -0.05) is 11.6 Å². The van der Waals surface area contributed by atoms with Crippen LogP contribution in [0.1, 0.15) is 21.7 Å². The van der Waals surface area contributed by atoms with Crippen molar-refractivity contribution in [2.75, 3.05) is 26.3 Å². The summed E-state index contributed by atoms with van der Waals surface area (Å²) in [5, 5.41) is 4.71. The fourth-order valence-electron chi connectivity index (χ4n) is 3.21. The second-order valence-corrected chi connectivity index (χ2v) is 7.02. The lowest BCUT2D eigenvalue weighted by Crippen LogP contribution is -2.47. The van der Waals surface area contributed by atoms with Gasteiger partial charge in [0.2, 0.25) is 0 Å². The Morgan fingerprint density at radius 2 is 2.25 bits per heavy atom. The summed E-state index contributed by atoms with van der Waals surface area (Å²) in [6.45, 7) is 5.43. The van der Waals surface area contributed by atoms with Crippen LogP contribution in [-0.2, 0) is 4.74 Å². The lowest BCUT2D eigenvalue weighted by atomic mass is 10.2. The summed E-state index contributed by atoms with van der Waals surface area (Å²) < 4.78 is 13.2. The van der Waals surface area contributed by atoms with Crippen LogP contribution >= 0.6 is 11.6 Å². The van der Waals surface area contributed by atoms with E-state index >= 15 is 0 Å². The maximum atomic E-state index is 13.1. The van der Waals surface area contributed by atoms with Gasteiger partial charge in [-0.2, -0.15) is 5.10 Å². The van der Waals surface area contributed by atoms with Crippen molar-refractivity contribution in [3.05, 3.63) is 52.7 Å². The summed E-state index contributed by atoms with van der Waals surface area (Å²) in [6, 6.07) is 5.38. The van der Waals surface area contributed by atoms with Crippen LogP contribution in [0.2, 0.25) is 5.15 Å². The molecule has 0 aromatic carbocycles. The molecule has 1 unspecified atom stereocenters. The molecule has 4 heterocycles. The van der Waals surface area contributed by atoms with Crippen LogP contribution in [0.25, 0.3) is 5.65 Å². The third kappa shape index (κ3) is 3.65. The van der Waals surface area contributed by atoms with Crippen LogP contribution in [0, 0.1) is 13.8 Å². The smallest absolute Gasteiger partial charge is 0.257 e. The molecule has 1 saturated heterocycles. The van der Waals surface area contributed by atoms with Gasteiger partial charge in [-0.05, 0) is 26.0 Å². The van der Waals surface area contributed by atoms with Gasteiger partial charge >= 0.3 is 0 Å². The average molecular weight is 402 g/mol. The van der Waals surface area contributed by atoms with Gasteiger partial charge in [-0.3, -0.25) is 4.79 Å². The third-order valence-electron chi connectivity index (χ3n) is 4.65. The minimum atomic E-state index is -0.252. The summed E-state index contributed by atoms with van der Waals surface area (Å²) >= 11 is 6.01. The highest BCUT2D eigenvalue weighted by atomic mass is 35.5. The van der Waals surface area contributed by atoms with Crippen molar-refractivity contribution >= 4 is 23.2 Å². The first-order valence-electron chi connectivity index (χ1n) is 8.99. The number of ether oxygens (including phenoxy) is 2. The molecule has 1 amide bonds. The summed E-state index contributed by atoms with van der Waals surface area (Å²) in [5.41, 5.74) is 2.89. The Balaban J connectivity index is 1.46. The van der Waals surface area contributed by atoms with E-state index in [2.05, 4.69) is 15.1 Å². The summed E-state index contributed by atoms with van der Waals surface area (Å²) in [6.07, 6.45) is 2.96. The fraction of sp³-hybridized carbons (Fsp3) is 0.368.